The maximum Gasteiger partial charge on any atom is 0.0378 e. The van der Waals surface area contributed by atoms with Gasteiger partial charge in [0.1, 0.15) is 0 Å². The lowest BCUT2D eigenvalue weighted by molar-refractivity contribution is 1.16. The van der Waals surface area contributed by atoms with Crippen LogP contribution >= 0.6 is 0 Å². The molecule has 0 aliphatic carbocycles. The Balaban J connectivity index is 3.04. The Morgan fingerprint density at radius 3 is 2.83 bits per heavy atom. The number of pyridine rings is 1. The number of rotatable bonds is 2. The van der Waals surface area contributed by atoms with Crippen molar-refractivity contribution in [2.45, 2.75) is 13.8 Å². The highest BCUT2D eigenvalue weighted by molar-refractivity contribution is 5.54. The van der Waals surface area contributed by atoms with Crippen molar-refractivity contribution in [3.8, 4) is 0 Å². The number of hydrogen-bond donors (Lipinski definition) is 0. The molecule has 0 saturated heterocycles. The number of nitrogens with zero attached hydrogens (tertiary/aromatic N) is 1. The smallest absolute Gasteiger partial charge is 0.0378 e. The van der Waals surface area contributed by atoms with Crippen molar-refractivity contribution >= 4 is 6.08 Å². The van der Waals surface area contributed by atoms with Crippen LogP contribution in [-0.4, -0.2) is 4.98 Å². The van der Waals surface area contributed by atoms with E-state index in [4.69, 9.17) is 0 Å². The molecule has 1 nitrogen and oxygen atoms in total. The molecule has 0 unspecified atom stereocenters. The lowest BCUT2D eigenvalue weighted by Gasteiger charge is -1.99. The van der Waals surface area contributed by atoms with Crippen LogP contribution in [0.3, 0.4) is 0 Å². The molecule has 0 N–H and O–H groups in total. The summed E-state index contributed by atoms with van der Waals surface area (Å²) in [6, 6.07) is 2.06. The van der Waals surface area contributed by atoms with Gasteiger partial charge in [-0.15, -0.1) is 0 Å². The summed E-state index contributed by atoms with van der Waals surface area (Å²) in [5.41, 5.74) is 3.45. The largest absolute Gasteiger partial charge is 0.261 e. The number of aryl methyl sites for hydroxylation is 2. The van der Waals surface area contributed by atoms with E-state index in [2.05, 4.69) is 24.6 Å². The molecule has 1 aromatic heterocycles. The van der Waals surface area contributed by atoms with E-state index in [1.807, 2.05) is 25.3 Å². The maximum atomic E-state index is 4.19. The van der Waals surface area contributed by atoms with Gasteiger partial charge in [0.25, 0.3) is 0 Å². The summed E-state index contributed by atoms with van der Waals surface area (Å²) in [7, 11) is 0. The average molecular weight is 159 g/mol. The van der Waals surface area contributed by atoms with Crippen molar-refractivity contribution in [3.63, 3.8) is 0 Å². The molecule has 62 valence electrons. The molecule has 0 radical (unpaired) electrons. The van der Waals surface area contributed by atoms with Crippen LogP contribution in [0.5, 0.6) is 0 Å². The Bertz CT molecular complexity index is 311. The van der Waals surface area contributed by atoms with Crippen LogP contribution in [0.25, 0.3) is 6.08 Å². The minimum Gasteiger partial charge on any atom is -0.261 e. The van der Waals surface area contributed by atoms with E-state index in [0.29, 0.717) is 0 Å². The third-order valence-electron chi connectivity index (χ3n) is 1.69. The van der Waals surface area contributed by atoms with Gasteiger partial charge in [-0.25, -0.2) is 0 Å². The van der Waals surface area contributed by atoms with E-state index >= 15 is 0 Å². The molecule has 0 spiro atoms. The van der Waals surface area contributed by atoms with Gasteiger partial charge in [0.05, 0.1) is 0 Å². The fraction of sp³-hybridized carbons (Fsp3) is 0.182. The fourth-order valence-corrected chi connectivity index (χ4v) is 1.00. The second-order valence-electron chi connectivity index (χ2n) is 2.78. The molecule has 0 atom stereocenters. The minimum atomic E-state index is 1.05. The molecule has 0 amide bonds. The number of aromatic nitrogens is 1. The van der Waals surface area contributed by atoms with E-state index in [1.165, 1.54) is 11.1 Å². The molecule has 0 bridgehead atoms. The predicted octanol–water partition coefficient (Wildman–Crippen LogP) is 2.90. The van der Waals surface area contributed by atoms with Crippen molar-refractivity contribution in [1.29, 1.82) is 0 Å². The van der Waals surface area contributed by atoms with Gasteiger partial charge in [0.2, 0.25) is 0 Å². The van der Waals surface area contributed by atoms with E-state index in [9.17, 15) is 0 Å². The summed E-state index contributed by atoms with van der Waals surface area (Å²) in [6.45, 7) is 7.67. The lowest BCUT2D eigenvalue weighted by atomic mass is 10.1. The predicted molar refractivity (Wildman–Crippen MR) is 52.9 cm³/mol. The molecule has 0 fully saturated rings. The summed E-state index contributed by atoms with van der Waals surface area (Å²) in [5.74, 6) is 0. The van der Waals surface area contributed by atoms with Crippen LogP contribution in [0.4, 0.5) is 0 Å². The number of hydrogen-bond acceptors (Lipinski definition) is 1. The minimum absolute atomic E-state index is 1.05. The molecule has 1 rings (SSSR count). The van der Waals surface area contributed by atoms with Crippen LogP contribution in [0, 0.1) is 13.8 Å². The molecule has 0 aromatic carbocycles. The SMILES string of the molecule is C=C/C=C\c1cc(C)ncc1C. The highest BCUT2D eigenvalue weighted by atomic mass is 14.7. The third-order valence-corrected chi connectivity index (χ3v) is 1.69. The molecule has 1 aromatic rings. The van der Waals surface area contributed by atoms with Gasteiger partial charge in [0, 0.05) is 11.9 Å². The molecule has 0 saturated carbocycles. The fourth-order valence-electron chi connectivity index (χ4n) is 1.00. The molecule has 0 aliphatic heterocycles. The zero-order chi connectivity index (χ0) is 8.97. The molecular weight excluding hydrogens is 146 g/mol. The Morgan fingerprint density at radius 1 is 1.42 bits per heavy atom. The zero-order valence-electron chi connectivity index (χ0n) is 7.54. The summed E-state index contributed by atoms with van der Waals surface area (Å²) < 4.78 is 0. The van der Waals surface area contributed by atoms with Crippen molar-refractivity contribution in [2.75, 3.05) is 0 Å². The summed E-state index contributed by atoms with van der Waals surface area (Å²) >= 11 is 0. The van der Waals surface area contributed by atoms with Gasteiger partial charge in [0.15, 0.2) is 0 Å². The van der Waals surface area contributed by atoms with Gasteiger partial charge in [-0.1, -0.05) is 24.8 Å². The van der Waals surface area contributed by atoms with Crippen LogP contribution in [-0.2, 0) is 0 Å². The van der Waals surface area contributed by atoms with Crippen LogP contribution < -0.4 is 0 Å². The van der Waals surface area contributed by atoms with Crippen molar-refractivity contribution in [3.05, 3.63) is 47.8 Å². The highest BCUT2D eigenvalue weighted by Crippen LogP contribution is 2.09. The van der Waals surface area contributed by atoms with Crippen LogP contribution in [0.2, 0.25) is 0 Å². The van der Waals surface area contributed by atoms with Gasteiger partial charge >= 0.3 is 0 Å². The van der Waals surface area contributed by atoms with Crippen LogP contribution in [0.1, 0.15) is 16.8 Å². The monoisotopic (exact) mass is 159 g/mol. The van der Waals surface area contributed by atoms with Crippen LogP contribution in [0.15, 0.2) is 31.0 Å². The van der Waals surface area contributed by atoms with Crippen molar-refractivity contribution in [2.24, 2.45) is 0 Å². The van der Waals surface area contributed by atoms with Crippen molar-refractivity contribution < 1.29 is 0 Å². The van der Waals surface area contributed by atoms with Gasteiger partial charge in [-0.3, -0.25) is 4.98 Å². The Hall–Kier alpha value is -1.37. The first-order valence-electron chi connectivity index (χ1n) is 3.96. The first kappa shape index (κ1) is 8.72. The highest BCUT2D eigenvalue weighted by Gasteiger charge is 1.93. The maximum absolute atomic E-state index is 4.19. The van der Waals surface area contributed by atoms with Crippen molar-refractivity contribution in [1.82, 2.24) is 4.98 Å². The van der Waals surface area contributed by atoms with Gasteiger partial charge < -0.3 is 0 Å². The second kappa shape index (κ2) is 3.86. The first-order chi connectivity index (χ1) is 5.74. The molecular formula is C11H13N. The summed E-state index contributed by atoms with van der Waals surface area (Å²) in [5, 5.41) is 0. The first-order valence-corrected chi connectivity index (χ1v) is 3.96. The van der Waals surface area contributed by atoms with Gasteiger partial charge in [-0.05, 0) is 31.0 Å². The second-order valence-corrected chi connectivity index (χ2v) is 2.78. The normalized spacial score (nSPS) is 10.5. The van der Waals surface area contributed by atoms with Gasteiger partial charge in [-0.2, -0.15) is 0 Å². The Labute approximate surface area is 73.5 Å². The topological polar surface area (TPSA) is 12.9 Å². The Morgan fingerprint density at radius 2 is 2.17 bits per heavy atom. The molecule has 1 heteroatoms. The summed E-state index contributed by atoms with van der Waals surface area (Å²) in [4.78, 5) is 4.19. The average Bonchev–Trinajstić information content (AvgIpc) is 2.07. The standard InChI is InChI=1S/C11H13N/c1-4-5-6-11-7-10(3)12-8-9(11)2/h4-8H,1H2,2-3H3/b6-5-. The summed E-state index contributed by atoms with van der Waals surface area (Å²) in [6.07, 6.45) is 7.63. The zero-order valence-corrected chi connectivity index (χ0v) is 7.54. The lowest BCUT2D eigenvalue weighted by Crippen LogP contribution is -1.86. The van der Waals surface area contributed by atoms with E-state index in [-0.39, 0.29) is 0 Å². The number of allylic oxidation sites excluding steroid dienone is 2. The van der Waals surface area contributed by atoms with E-state index in [1.54, 1.807) is 6.08 Å². The molecule has 12 heavy (non-hydrogen) atoms. The van der Waals surface area contributed by atoms with E-state index in [0.717, 1.165) is 5.69 Å². The third kappa shape index (κ3) is 2.06. The quantitative estimate of drug-likeness (QED) is 0.604. The van der Waals surface area contributed by atoms with E-state index < -0.39 is 0 Å². The Kier molecular flexibility index (Phi) is 2.81. The molecule has 0 aliphatic rings. The molecule has 1 heterocycles.